The van der Waals surface area contributed by atoms with Gasteiger partial charge in [0, 0.05) is 18.0 Å². The molecule has 2 heterocycles. The minimum atomic E-state index is -0.478. The Morgan fingerprint density at radius 2 is 2.08 bits per heavy atom. The fourth-order valence-electron chi connectivity index (χ4n) is 2.77. The first-order chi connectivity index (χ1) is 11.5. The van der Waals surface area contributed by atoms with Crippen molar-refractivity contribution in [3.8, 4) is 0 Å². The van der Waals surface area contributed by atoms with E-state index in [0.29, 0.717) is 31.0 Å². The summed E-state index contributed by atoms with van der Waals surface area (Å²) in [5.74, 6) is -0.916. The van der Waals surface area contributed by atoms with Crippen LogP contribution in [0.3, 0.4) is 0 Å². The van der Waals surface area contributed by atoms with Crippen LogP contribution in [-0.4, -0.2) is 29.8 Å². The van der Waals surface area contributed by atoms with Crippen molar-refractivity contribution < 1.29 is 9.59 Å². The maximum Gasteiger partial charge on any atom is 0.300 e. The Morgan fingerprint density at radius 1 is 1.29 bits per heavy atom. The number of rotatable bonds is 6. The Morgan fingerprint density at radius 3 is 2.75 bits per heavy atom. The van der Waals surface area contributed by atoms with Crippen molar-refractivity contribution in [2.24, 2.45) is 0 Å². The predicted molar refractivity (Wildman–Crippen MR) is 97.8 cm³/mol. The molecular weight excluding hydrogens is 344 g/mol. The van der Waals surface area contributed by atoms with Crippen LogP contribution < -0.4 is 4.90 Å². The summed E-state index contributed by atoms with van der Waals surface area (Å²) in [6, 6.07) is 9.34. The summed E-state index contributed by atoms with van der Waals surface area (Å²) in [7, 11) is 0. The molecule has 0 unspecified atom stereocenters. The molecule has 1 aliphatic heterocycles. The lowest BCUT2D eigenvalue weighted by atomic mass is 10.1. The van der Waals surface area contributed by atoms with Crippen LogP contribution in [0.4, 0.5) is 5.69 Å². The number of amides is 1. The van der Waals surface area contributed by atoms with Crippen molar-refractivity contribution in [1.29, 1.82) is 0 Å². The lowest BCUT2D eigenvalue weighted by Crippen LogP contribution is -2.40. The molecule has 0 fully saturated rings. The largest absolute Gasteiger partial charge is 0.300 e. The Labute approximate surface area is 149 Å². The fraction of sp³-hybridized carbons (Fsp3) is 0.222. The smallest absolute Gasteiger partial charge is 0.291 e. The molecule has 4 nitrogen and oxygen atoms in total. The van der Waals surface area contributed by atoms with Gasteiger partial charge >= 0.3 is 5.91 Å². The number of benzene rings is 1. The molecule has 24 heavy (non-hydrogen) atoms. The zero-order chi connectivity index (χ0) is 17.3. The number of halogens is 1. The van der Waals surface area contributed by atoms with E-state index < -0.39 is 11.7 Å². The van der Waals surface area contributed by atoms with Crippen LogP contribution in [0.5, 0.6) is 0 Å². The van der Waals surface area contributed by atoms with E-state index in [9.17, 15) is 9.59 Å². The van der Waals surface area contributed by atoms with Gasteiger partial charge in [-0.25, -0.2) is 0 Å². The number of hydrogen-bond donors (Lipinski definition) is 0. The maximum absolute atomic E-state index is 12.4. The number of hydrogen-bond acceptors (Lipinski definition) is 4. The van der Waals surface area contributed by atoms with Crippen LogP contribution in [0.1, 0.15) is 20.8 Å². The average molecular weight is 361 g/mol. The van der Waals surface area contributed by atoms with E-state index in [1.54, 1.807) is 12.1 Å². The topological polar surface area (TPSA) is 40.6 Å². The van der Waals surface area contributed by atoms with E-state index in [1.165, 1.54) is 16.2 Å². The third-order valence-corrected chi connectivity index (χ3v) is 5.08. The summed E-state index contributed by atoms with van der Waals surface area (Å²) >= 11 is 7.49. The second-order valence-electron chi connectivity index (χ2n) is 5.73. The Hall–Kier alpha value is -1.95. The molecular formula is C18H17ClN2O2S. The number of ketones is 1. The summed E-state index contributed by atoms with van der Waals surface area (Å²) in [5, 5.41) is 0. The van der Waals surface area contributed by atoms with Gasteiger partial charge < -0.3 is 0 Å². The highest BCUT2D eigenvalue weighted by molar-refractivity contribution is 7.16. The van der Waals surface area contributed by atoms with Gasteiger partial charge in [-0.1, -0.05) is 29.3 Å². The van der Waals surface area contributed by atoms with Gasteiger partial charge in [0.1, 0.15) is 0 Å². The highest BCUT2D eigenvalue weighted by Crippen LogP contribution is 2.30. The maximum atomic E-state index is 12.4. The van der Waals surface area contributed by atoms with Gasteiger partial charge in [-0.3, -0.25) is 19.4 Å². The lowest BCUT2D eigenvalue weighted by Gasteiger charge is -2.26. The predicted octanol–water partition coefficient (Wildman–Crippen LogP) is 3.88. The van der Waals surface area contributed by atoms with Crippen LogP contribution >= 0.6 is 22.9 Å². The summed E-state index contributed by atoms with van der Waals surface area (Å²) in [6.45, 7) is 7.27. The average Bonchev–Trinajstić information content (AvgIpc) is 3.05. The molecule has 0 saturated heterocycles. The highest BCUT2D eigenvalue weighted by atomic mass is 35.5. The number of fused-ring (bicyclic) bond motifs is 1. The van der Waals surface area contributed by atoms with E-state index in [0.717, 1.165) is 14.8 Å². The normalized spacial score (nSPS) is 13.7. The number of anilines is 1. The third kappa shape index (κ3) is 3.29. The molecule has 0 radical (unpaired) electrons. The molecule has 0 atom stereocenters. The van der Waals surface area contributed by atoms with Crippen molar-refractivity contribution >= 4 is 40.3 Å². The molecule has 0 N–H and O–H groups in total. The molecule has 1 aliphatic rings. The number of aryl methyl sites for hydroxylation is 1. The van der Waals surface area contributed by atoms with Gasteiger partial charge in [-0.05, 0) is 31.2 Å². The molecule has 0 bridgehead atoms. The first-order valence-electron chi connectivity index (χ1n) is 7.54. The molecule has 0 aliphatic carbocycles. The van der Waals surface area contributed by atoms with Gasteiger partial charge in [-0.2, -0.15) is 0 Å². The van der Waals surface area contributed by atoms with Crippen molar-refractivity contribution in [2.75, 3.05) is 18.1 Å². The van der Waals surface area contributed by atoms with E-state index in [1.807, 2.05) is 31.2 Å². The summed E-state index contributed by atoms with van der Waals surface area (Å²) in [5.41, 5.74) is 2.12. The van der Waals surface area contributed by atoms with Gasteiger partial charge in [0.15, 0.2) is 0 Å². The molecule has 0 spiro atoms. The van der Waals surface area contributed by atoms with Gasteiger partial charge in [0.2, 0.25) is 0 Å². The van der Waals surface area contributed by atoms with Gasteiger partial charge in [-0.15, -0.1) is 17.9 Å². The SMILES string of the molecule is C=CCN(Cc1ccc(Cl)s1)CN1C(=O)C(=O)c2cc(C)ccc21. The van der Waals surface area contributed by atoms with Gasteiger partial charge in [0.25, 0.3) is 5.78 Å². The van der Waals surface area contributed by atoms with Crippen molar-refractivity contribution in [1.82, 2.24) is 4.90 Å². The van der Waals surface area contributed by atoms with E-state index in [-0.39, 0.29) is 0 Å². The van der Waals surface area contributed by atoms with Crippen LogP contribution in [0, 0.1) is 6.92 Å². The molecule has 1 aromatic heterocycles. The second kappa shape index (κ2) is 6.89. The minimum Gasteiger partial charge on any atom is -0.291 e. The van der Waals surface area contributed by atoms with Crippen molar-refractivity contribution in [3.63, 3.8) is 0 Å². The fourth-order valence-corrected chi connectivity index (χ4v) is 3.90. The zero-order valence-electron chi connectivity index (χ0n) is 13.3. The van der Waals surface area contributed by atoms with Crippen LogP contribution in [0.15, 0.2) is 43.0 Å². The molecule has 6 heteroatoms. The molecule has 1 aromatic carbocycles. The summed E-state index contributed by atoms with van der Waals surface area (Å²) in [6.07, 6.45) is 1.79. The van der Waals surface area contributed by atoms with Crippen molar-refractivity contribution in [2.45, 2.75) is 13.5 Å². The van der Waals surface area contributed by atoms with Crippen molar-refractivity contribution in [3.05, 3.63) is 63.3 Å². The Bertz CT molecular complexity index is 815. The summed E-state index contributed by atoms with van der Waals surface area (Å²) in [4.78, 5) is 29.3. The highest BCUT2D eigenvalue weighted by Gasteiger charge is 2.36. The Kier molecular flexibility index (Phi) is 4.85. The number of nitrogens with zero attached hydrogens (tertiary/aromatic N) is 2. The first kappa shape index (κ1) is 16.9. The lowest BCUT2D eigenvalue weighted by molar-refractivity contribution is -0.114. The molecule has 3 rings (SSSR count). The molecule has 124 valence electrons. The van der Waals surface area contributed by atoms with E-state index in [2.05, 4.69) is 11.5 Å². The number of Topliss-reactive ketones (excluding diaryl/α,β-unsaturated/α-hetero) is 1. The standard InChI is InChI=1S/C18H17ClN2O2S/c1-3-8-20(10-13-5-7-16(19)24-13)11-21-15-6-4-12(2)9-14(15)17(22)18(21)23/h3-7,9H,1,8,10-11H2,2H3. The number of thiophene rings is 1. The number of carbonyl (C=O) groups excluding carboxylic acids is 2. The molecule has 2 aromatic rings. The third-order valence-electron chi connectivity index (χ3n) is 3.86. The quantitative estimate of drug-likeness (QED) is 0.579. The molecule has 1 amide bonds. The first-order valence-corrected chi connectivity index (χ1v) is 8.73. The van der Waals surface area contributed by atoms with E-state index >= 15 is 0 Å². The summed E-state index contributed by atoms with van der Waals surface area (Å²) < 4.78 is 0.733. The molecule has 0 saturated carbocycles. The second-order valence-corrected chi connectivity index (χ2v) is 7.53. The zero-order valence-corrected chi connectivity index (χ0v) is 14.9. The number of carbonyl (C=O) groups is 2. The van der Waals surface area contributed by atoms with Crippen LogP contribution in [0.25, 0.3) is 0 Å². The van der Waals surface area contributed by atoms with Crippen LogP contribution in [-0.2, 0) is 11.3 Å². The van der Waals surface area contributed by atoms with Gasteiger partial charge in [0.05, 0.1) is 22.3 Å². The monoisotopic (exact) mass is 360 g/mol. The minimum absolute atomic E-state index is 0.335. The Balaban J connectivity index is 1.83. The van der Waals surface area contributed by atoms with E-state index in [4.69, 9.17) is 11.6 Å². The van der Waals surface area contributed by atoms with Crippen LogP contribution in [0.2, 0.25) is 4.34 Å².